The molecule has 0 aromatic heterocycles. The van der Waals surface area contributed by atoms with Gasteiger partial charge in [0.1, 0.15) is 10.4 Å². The largest absolute Gasteiger partial charge is 0.594 e. The van der Waals surface area contributed by atoms with Gasteiger partial charge in [-0.1, -0.05) is 39.0 Å². The molecule has 1 unspecified atom stereocenters. The van der Waals surface area contributed by atoms with Crippen LogP contribution in [-0.2, 0) is 15.8 Å². The molecule has 0 fully saturated rings. The van der Waals surface area contributed by atoms with E-state index in [0.717, 1.165) is 10.5 Å². The average molecular weight is 217 g/mol. The monoisotopic (exact) mass is 216 g/mol. The topological polar surface area (TPSA) is 23.1 Å². The third-order valence-electron chi connectivity index (χ3n) is 1.87. The van der Waals surface area contributed by atoms with Gasteiger partial charge in [0.15, 0.2) is 15.6 Å². The lowest BCUT2D eigenvalue weighted by Gasteiger charge is -2.20. The Morgan fingerprint density at radius 2 is 1.77 bits per heavy atom. The first-order valence-corrected chi connectivity index (χ1v) is 6.08. The highest BCUT2D eigenvalue weighted by molar-refractivity contribution is 8.13. The van der Waals surface area contributed by atoms with E-state index < -0.39 is 10.4 Å². The molecule has 0 radical (unpaired) electrons. The Hall–Kier alpha value is -0.180. The van der Waals surface area contributed by atoms with Crippen molar-refractivity contribution in [2.24, 2.45) is 0 Å². The molecule has 1 nitrogen and oxygen atoms in total. The number of halogens is 1. The minimum absolute atomic E-state index is 0.0128. The number of benzene rings is 1. The average Bonchev–Trinajstić information content (AvgIpc) is 2.03. The van der Waals surface area contributed by atoms with Crippen molar-refractivity contribution in [3.8, 4) is 0 Å². The summed E-state index contributed by atoms with van der Waals surface area (Å²) in [6.45, 7) is 6.24. The van der Waals surface area contributed by atoms with E-state index in [-0.39, 0.29) is 5.41 Å². The summed E-state index contributed by atoms with van der Waals surface area (Å²) in [5, 5.41) is 0. The van der Waals surface area contributed by atoms with Gasteiger partial charge < -0.3 is 4.55 Å². The van der Waals surface area contributed by atoms with E-state index >= 15 is 0 Å². The highest BCUT2D eigenvalue weighted by atomic mass is 35.7. The van der Waals surface area contributed by atoms with Crippen molar-refractivity contribution in [1.82, 2.24) is 0 Å². The molecule has 0 N–H and O–H groups in total. The van der Waals surface area contributed by atoms with Crippen LogP contribution in [0.2, 0.25) is 0 Å². The molecule has 72 valence electrons. The molecule has 13 heavy (non-hydrogen) atoms. The minimum atomic E-state index is -1.41. The lowest BCUT2D eigenvalue weighted by atomic mass is 9.87. The van der Waals surface area contributed by atoms with Crippen molar-refractivity contribution in [2.45, 2.75) is 31.1 Å². The molecule has 0 amide bonds. The van der Waals surface area contributed by atoms with Crippen LogP contribution in [0.4, 0.5) is 0 Å². The number of rotatable bonds is 1. The first kappa shape index (κ1) is 10.9. The van der Waals surface area contributed by atoms with Crippen LogP contribution in [0, 0.1) is 0 Å². The zero-order valence-corrected chi connectivity index (χ0v) is 9.58. The Kier molecular flexibility index (Phi) is 3.28. The normalized spacial score (nSPS) is 14.2. The van der Waals surface area contributed by atoms with Gasteiger partial charge in [-0.15, -0.1) is 0 Å². The lowest BCUT2D eigenvalue weighted by molar-refractivity contribution is 0.566. The molecule has 0 saturated heterocycles. The van der Waals surface area contributed by atoms with E-state index in [1.807, 2.05) is 24.3 Å². The summed E-state index contributed by atoms with van der Waals surface area (Å²) in [4.78, 5) is 0.719. The van der Waals surface area contributed by atoms with Gasteiger partial charge in [-0.2, -0.15) is 0 Å². The van der Waals surface area contributed by atoms with Crippen molar-refractivity contribution >= 4 is 21.1 Å². The summed E-state index contributed by atoms with van der Waals surface area (Å²) >= 11 is 0. The summed E-state index contributed by atoms with van der Waals surface area (Å²) in [7, 11) is 4.17. The minimum Gasteiger partial charge on any atom is -0.594 e. The molecular weight excluding hydrogens is 204 g/mol. The molecule has 0 saturated carbocycles. The Morgan fingerprint density at radius 1 is 1.23 bits per heavy atom. The van der Waals surface area contributed by atoms with Gasteiger partial charge in [0, 0.05) is 5.56 Å². The SMILES string of the molecule is CC(C)(C)c1ccccc1[S+]([O-])Cl. The molecule has 3 heteroatoms. The van der Waals surface area contributed by atoms with Crippen molar-refractivity contribution < 1.29 is 4.55 Å². The molecule has 1 aromatic carbocycles. The smallest absolute Gasteiger partial charge is 0.181 e. The first-order valence-electron chi connectivity index (χ1n) is 4.10. The van der Waals surface area contributed by atoms with Crippen LogP contribution < -0.4 is 0 Å². The molecule has 0 aliphatic heterocycles. The number of hydrogen-bond donors (Lipinski definition) is 0. The third-order valence-corrected chi connectivity index (χ3v) is 3.07. The molecular formula is C10H13ClOS. The van der Waals surface area contributed by atoms with Crippen LogP contribution in [0.1, 0.15) is 26.3 Å². The standard InChI is InChI=1S/C10H13ClOS/c1-10(2,3)8-6-4-5-7-9(8)13(11)12/h4-7H,1-3H3. The van der Waals surface area contributed by atoms with Crippen molar-refractivity contribution in [3.05, 3.63) is 29.8 Å². The van der Waals surface area contributed by atoms with Crippen molar-refractivity contribution in [1.29, 1.82) is 0 Å². The Balaban J connectivity index is 3.20. The van der Waals surface area contributed by atoms with Gasteiger partial charge in [-0.05, 0) is 11.5 Å². The number of hydrogen-bond acceptors (Lipinski definition) is 1. The second-order valence-electron chi connectivity index (χ2n) is 3.97. The zero-order valence-electron chi connectivity index (χ0n) is 8.00. The Bertz CT molecular complexity index is 291. The van der Waals surface area contributed by atoms with Crippen LogP contribution in [0.3, 0.4) is 0 Å². The van der Waals surface area contributed by atoms with E-state index in [2.05, 4.69) is 20.8 Å². The van der Waals surface area contributed by atoms with Gasteiger partial charge in [-0.25, -0.2) is 0 Å². The quantitative estimate of drug-likeness (QED) is 0.661. The molecule has 1 rings (SSSR count). The third kappa shape index (κ3) is 2.63. The van der Waals surface area contributed by atoms with Crippen molar-refractivity contribution in [3.63, 3.8) is 0 Å². The first-order chi connectivity index (χ1) is 5.93. The maximum absolute atomic E-state index is 11.2. The maximum Gasteiger partial charge on any atom is 0.181 e. The van der Waals surface area contributed by atoms with Crippen molar-refractivity contribution in [2.75, 3.05) is 0 Å². The van der Waals surface area contributed by atoms with E-state index in [4.69, 9.17) is 10.7 Å². The summed E-state index contributed by atoms with van der Waals surface area (Å²) in [6.07, 6.45) is 0. The van der Waals surface area contributed by atoms with E-state index in [1.54, 1.807) is 0 Å². The Labute approximate surface area is 86.8 Å². The summed E-state index contributed by atoms with van der Waals surface area (Å²) < 4.78 is 11.2. The second kappa shape index (κ2) is 3.91. The van der Waals surface area contributed by atoms with Gasteiger partial charge in [0.05, 0.1) is 0 Å². The summed E-state index contributed by atoms with van der Waals surface area (Å²) in [5.74, 6) is 0. The van der Waals surface area contributed by atoms with E-state index in [9.17, 15) is 4.55 Å². The molecule has 0 bridgehead atoms. The van der Waals surface area contributed by atoms with Gasteiger partial charge in [0.2, 0.25) is 0 Å². The molecule has 0 aliphatic carbocycles. The zero-order chi connectivity index (χ0) is 10.1. The van der Waals surface area contributed by atoms with Crippen LogP contribution in [0.25, 0.3) is 0 Å². The highest BCUT2D eigenvalue weighted by Crippen LogP contribution is 2.30. The molecule has 0 heterocycles. The molecule has 1 atom stereocenters. The summed E-state index contributed by atoms with van der Waals surface area (Å²) in [6, 6.07) is 7.57. The van der Waals surface area contributed by atoms with Gasteiger partial charge in [-0.3, -0.25) is 0 Å². The van der Waals surface area contributed by atoms with E-state index in [1.165, 1.54) is 0 Å². The fourth-order valence-electron chi connectivity index (χ4n) is 1.23. The molecule has 1 aromatic rings. The second-order valence-corrected chi connectivity index (χ2v) is 5.70. The van der Waals surface area contributed by atoms with Gasteiger partial charge >= 0.3 is 0 Å². The highest BCUT2D eigenvalue weighted by Gasteiger charge is 2.23. The van der Waals surface area contributed by atoms with Crippen LogP contribution >= 0.6 is 10.7 Å². The predicted octanol–water partition coefficient (Wildman–Crippen LogP) is 3.25. The molecule has 0 aliphatic rings. The maximum atomic E-state index is 11.2. The van der Waals surface area contributed by atoms with Crippen LogP contribution in [0.15, 0.2) is 29.2 Å². The predicted molar refractivity (Wildman–Crippen MR) is 57.4 cm³/mol. The van der Waals surface area contributed by atoms with E-state index in [0.29, 0.717) is 0 Å². The van der Waals surface area contributed by atoms with Crippen LogP contribution in [-0.4, -0.2) is 4.55 Å². The Morgan fingerprint density at radius 3 is 2.15 bits per heavy atom. The fourth-order valence-corrected chi connectivity index (χ4v) is 2.36. The van der Waals surface area contributed by atoms with Crippen LogP contribution in [0.5, 0.6) is 0 Å². The van der Waals surface area contributed by atoms with Gasteiger partial charge in [0.25, 0.3) is 0 Å². The summed E-state index contributed by atoms with van der Waals surface area (Å²) in [5.41, 5.74) is 1.03. The lowest BCUT2D eigenvalue weighted by Crippen LogP contribution is -2.14. The fraction of sp³-hybridized carbons (Fsp3) is 0.400. The molecule has 0 spiro atoms.